The number of amides is 2. The van der Waals surface area contributed by atoms with E-state index in [0.717, 1.165) is 0 Å². The molecule has 1 aliphatic heterocycles. The van der Waals surface area contributed by atoms with Crippen molar-refractivity contribution in [3.8, 4) is 11.8 Å². The van der Waals surface area contributed by atoms with Crippen LogP contribution in [0, 0.1) is 16.7 Å². The first-order valence-electron chi connectivity index (χ1n) is 5.92. The third kappa shape index (κ3) is 1.99. The molecule has 0 spiro atoms. The van der Waals surface area contributed by atoms with Crippen molar-refractivity contribution in [3.05, 3.63) is 18.2 Å². The molecule has 0 radical (unpaired) electrons. The number of hydrogen-bond acceptors (Lipinski definition) is 4. The molecule has 6 heteroatoms. The van der Waals surface area contributed by atoms with Crippen molar-refractivity contribution >= 4 is 23.2 Å². The highest BCUT2D eigenvalue weighted by atomic mass is 16.5. The zero-order valence-electron chi connectivity index (χ0n) is 10.0. The average molecular weight is 257 g/mol. The maximum absolute atomic E-state index is 11.9. The van der Waals surface area contributed by atoms with Gasteiger partial charge in [-0.1, -0.05) is 0 Å². The summed E-state index contributed by atoms with van der Waals surface area (Å²) < 4.78 is 5.22. The second kappa shape index (κ2) is 3.99. The number of anilines is 2. The molecule has 1 saturated carbocycles. The zero-order valence-corrected chi connectivity index (χ0v) is 10.0. The van der Waals surface area contributed by atoms with Crippen molar-refractivity contribution < 1.29 is 14.3 Å². The zero-order chi connectivity index (χ0) is 13.5. The van der Waals surface area contributed by atoms with Gasteiger partial charge in [-0.3, -0.25) is 9.59 Å². The molecular weight excluding hydrogens is 246 g/mol. The second-order valence-corrected chi connectivity index (χ2v) is 4.70. The molecule has 1 heterocycles. The molecule has 0 aromatic heterocycles. The summed E-state index contributed by atoms with van der Waals surface area (Å²) in [6.07, 6.45) is 1.19. The molecule has 0 atom stereocenters. The van der Waals surface area contributed by atoms with Gasteiger partial charge in [0, 0.05) is 5.69 Å². The van der Waals surface area contributed by atoms with E-state index in [-0.39, 0.29) is 18.4 Å². The Morgan fingerprint density at radius 2 is 2.26 bits per heavy atom. The highest BCUT2D eigenvalue weighted by Crippen LogP contribution is 2.46. The molecule has 1 aliphatic carbocycles. The predicted octanol–water partition coefficient (Wildman–Crippen LogP) is 1.26. The number of hydrogen-bond donors (Lipinski definition) is 2. The topological polar surface area (TPSA) is 91.2 Å². The number of nitrogens with zero attached hydrogens (tertiary/aromatic N) is 1. The number of nitrogens with one attached hydrogen (secondary N) is 2. The fourth-order valence-electron chi connectivity index (χ4n) is 1.93. The third-order valence-corrected chi connectivity index (χ3v) is 3.27. The highest BCUT2D eigenvalue weighted by molar-refractivity contribution is 6.01. The van der Waals surface area contributed by atoms with Gasteiger partial charge in [0.15, 0.2) is 6.61 Å². The summed E-state index contributed by atoms with van der Waals surface area (Å²) in [7, 11) is 0. The Bertz CT molecular complexity index is 614. The van der Waals surface area contributed by atoms with Gasteiger partial charge in [-0.15, -0.1) is 0 Å². The number of ether oxygens (including phenoxy) is 1. The van der Waals surface area contributed by atoms with Crippen LogP contribution in [0.25, 0.3) is 0 Å². The van der Waals surface area contributed by atoms with Crippen LogP contribution in [0.3, 0.4) is 0 Å². The number of fused-ring (bicyclic) bond motifs is 1. The standard InChI is InChI=1S/C13H11N3O3/c14-7-13(3-4-13)12(18)15-8-1-2-10-9(5-8)16-11(17)6-19-10/h1-2,5H,3-4,6H2,(H,15,18)(H,16,17). The van der Waals surface area contributed by atoms with Crippen molar-refractivity contribution in [2.45, 2.75) is 12.8 Å². The largest absolute Gasteiger partial charge is 0.482 e. The Balaban J connectivity index is 1.80. The summed E-state index contributed by atoms with van der Waals surface area (Å²) in [5.74, 6) is 0.0451. The van der Waals surface area contributed by atoms with Gasteiger partial charge in [0.2, 0.25) is 5.91 Å². The number of nitriles is 1. The molecule has 2 N–H and O–H groups in total. The molecule has 2 amide bonds. The first kappa shape index (κ1) is 11.5. The van der Waals surface area contributed by atoms with Gasteiger partial charge in [-0.05, 0) is 31.0 Å². The fraction of sp³-hybridized carbons (Fsp3) is 0.308. The molecular formula is C13H11N3O3. The first-order valence-corrected chi connectivity index (χ1v) is 5.92. The van der Waals surface area contributed by atoms with Gasteiger partial charge in [0.05, 0.1) is 11.8 Å². The van der Waals surface area contributed by atoms with Crippen molar-refractivity contribution in [1.29, 1.82) is 5.26 Å². The van der Waals surface area contributed by atoms with Crippen LogP contribution in [0.4, 0.5) is 11.4 Å². The molecule has 2 aliphatic rings. The Labute approximate surface area is 109 Å². The van der Waals surface area contributed by atoms with Crippen molar-refractivity contribution in [3.63, 3.8) is 0 Å². The number of carbonyl (C=O) groups is 2. The molecule has 0 bridgehead atoms. The van der Waals surface area contributed by atoms with E-state index >= 15 is 0 Å². The fourth-order valence-corrected chi connectivity index (χ4v) is 1.93. The van der Waals surface area contributed by atoms with Gasteiger partial charge in [0.1, 0.15) is 11.2 Å². The molecule has 19 heavy (non-hydrogen) atoms. The SMILES string of the molecule is N#CC1(C(=O)Nc2ccc3c(c2)NC(=O)CO3)CC1. The maximum Gasteiger partial charge on any atom is 0.262 e. The van der Waals surface area contributed by atoms with E-state index in [2.05, 4.69) is 10.6 Å². The normalized spacial score (nSPS) is 18.4. The van der Waals surface area contributed by atoms with Gasteiger partial charge in [-0.25, -0.2) is 0 Å². The summed E-state index contributed by atoms with van der Waals surface area (Å²) in [6.45, 7) is -0.00372. The lowest BCUT2D eigenvalue weighted by atomic mass is 10.1. The minimum absolute atomic E-state index is 0.00372. The van der Waals surface area contributed by atoms with Gasteiger partial charge < -0.3 is 15.4 Å². The summed E-state index contributed by atoms with van der Waals surface area (Å²) in [6, 6.07) is 7.02. The number of benzene rings is 1. The summed E-state index contributed by atoms with van der Waals surface area (Å²) >= 11 is 0. The molecule has 1 aromatic carbocycles. The molecule has 0 unspecified atom stereocenters. The summed E-state index contributed by atoms with van der Waals surface area (Å²) in [5, 5.41) is 14.3. The lowest BCUT2D eigenvalue weighted by molar-refractivity contribution is -0.119. The van der Waals surface area contributed by atoms with Crippen LogP contribution in [0.1, 0.15) is 12.8 Å². The van der Waals surface area contributed by atoms with E-state index in [4.69, 9.17) is 10.00 Å². The van der Waals surface area contributed by atoms with Crippen LogP contribution in [-0.4, -0.2) is 18.4 Å². The van der Waals surface area contributed by atoms with Gasteiger partial charge >= 0.3 is 0 Å². The minimum atomic E-state index is -0.865. The van der Waals surface area contributed by atoms with Crippen LogP contribution in [0.15, 0.2) is 18.2 Å². The third-order valence-electron chi connectivity index (χ3n) is 3.27. The van der Waals surface area contributed by atoms with Crippen LogP contribution >= 0.6 is 0 Å². The molecule has 6 nitrogen and oxygen atoms in total. The molecule has 1 fully saturated rings. The van der Waals surface area contributed by atoms with E-state index in [9.17, 15) is 9.59 Å². The van der Waals surface area contributed by atoms with Crippen LogP contribution < -0.4 is 15.4 Å². The Morgan fingerprint density at radius 3 is 2.95 bits per heavy atom. The van der Waals surface area contributed by atoms with Crippen molar-refractivity contribution in [2.24, 2.45) is 5.41 Å². The maximum atomic E-state index is 11.9. The Morgan fingerprint density at radius 1 is 1.47 bits per heavy atom. The van der Waals surface area contributed by atoms with E-state index in [0.29, 0.717) is 30.0 Å². The smallest absolute Gasteiger partial charge is 0.262 e. The summed E-state index contributed by atoms with van der Waals surface area (Å²) in [4.78, 5) is 23.1. The van der Waals surface area contributed by atoms with Crippen LogP contribution in [0.5, 0.6) is 5.75 Å². The quantitative estimate of drug-likeness (QED) is 0.834. The Hall–Kier alpha value is -2.55. The number of rotatable bonds is 2. The first-order chi connectivity index (χ1) is 9.13. The molecule has 3 rings (SSSR count). The van der Waals surface area contributed by atoms with E-state index in [1.54, 1.807) is 18.2 Å². The summed E-state index contributed by atoms with van der Waals surface area (Å²) in [5.41, 5.74) is 0.197. The van der Waals surface area contributed by atoms with Crippen molar-refractivity contribution in [2.75, 3.05) is 17.2 Å². The monoisotopic (exact) mass is 257 g/mol. The molecule has 1 aromatic rings. The highest BCUT2D eigenvalue weighted by Gasteiger charge is 2.50. The lowest BCUT2D eigenvalue weighted by Gasteiger charge is -2.19. The van der Waals surface area contributed by atoms with Crippen LogP contribution in [-0.2, 0) is 9.59 Å². The van der Waals surface area contributed by atoms with E-state index in [1.165, 1.54) is 0 Å². The van der Waals surface area contributed by atoms with E-state index < -0.39 is 5.41 Å². The lowest BCUT2D eigenvalue weighted by Crippen LogP contribution is -2.26. The van der Waals surface area contributed by atoms with Crippen LogP contribution in [0.2, 0.25) is 0 Å². The van der Waals surface area contributed by atoms with E-state index in [1.807, 2.05) is 6.07 Å². The van der Waals surface area contributed by atoms with Gasteiger partial charge in [0.25, 0.3) is 5.91 Å². The Kier molecular flexibility index (Phi) is 2.42. The molecule has 0 saturated heterocycles. The predicted molar refractivity (Wildman–Crippen MR) is 66.5 cm³/mol. The van der Waals surface area contributed by atoms with Gasteiger partial charge in [-0.2, -0.15) is 5.26 Å². The molecule has 96 valence electrons. The minimum Gasteiger partial charge on any atom is -0.482 e. The number of carbonyl (C=O) groups excluding carboxylic acids is 2. The second-order valence-electron chi connectivity index (χ2n) is 4.70. The van der Waals surface area contributed by atoms with Crippen molar-refractivity contribution in [1.82, 2.24) is 0 Å². The average Bonchev–Trinajstić information content (AvgIpc) is 3.19.